The number of aryl methyl sites for hydroxylation is 1. The second-order valence-electron chi connectivity index (χ2n) is 3.38. The Hall–Kier alpha value is -1.09. The first kappa shape index (κ1) is 12.0. The van der Waals surface area contributed by atoms with Crippen LogP contribution in [0.4, 0.5) is 0 Å². The molecular weight excluding hydrogens is 208 g/mol. The van der Waals surface area contributed by atoms with Crippen LogP contribution in [0.2, 0.25) is 0 Å². The molecular formula is C12H16O2S. The fraction of sp³-hybridized carbons (Fsp3) is 0.417. The molecule has 0 bridgehead atoms. The second-order valence-corrected chi connectivity index (χ2v) is 4.55. The number of rotatable bonds is 5. The number of allylic oxidation sites excluding steroid dienone is 1. The van der Waals surface area contributed by atoms with E-state index < -0.39 is 5.97 Å². The monoisotopic (exact) mass is 224 g/mol. The van der Waals surface area contributed by atoms with Gasteiger partial charge in [-0.1, -0.05) is 20.3 Å². The molecule has 0 spiro atoms. The third-order valence-electron chi connectivity index (χ3n) is 2.15. The van der Waals surface area contributed by atoms with Crippen LogP contribution in [-0.4, -0.2) is 11.1 Å². The predicted octanol–water partition coefficient (Wildman–Crippen LogP) is 3.58. The summed E-state index contributed by atoms with van der Waals surface area (Å²) in [6, 6.07) is 4.11. The molecule has 1 heterocycles. The van der Waals surface area contributed by atoms with Crippen LogP contribution in [0.15, 0.2) is 18.2 Å². The molecule has 0 atom stereocenters. The number of thiophene rings is 1. The maximum absolute atomic E-state index is 10.6. The Morgan fingerprint density at radius 3 is 2.73 bits per heavy atom. The van der Waals surface area contributed by atoms with Crippen molar-refractivity contribution in [3.05, 3.63) is 28.0 Å². The Morgan fingerprint density at radius 2 is 2.20 bits per heavy atom. The van der Waals surface area contributed by atoms with E-state index in [1.54, 1.807) is 11.3 Å². The standard InChI is InChI=1S/C12H16O2S/c1-3-5-10-6-7-11(15-10)9(4-2)8-12(13)14/h6-8H,3-5H2,1-2H3,(H,13,14)/b9-8+. The van der Waals surface area contributed by atoms with Crippen molar-refractivity contribution >= 4 is 22.9 Å². The number of carboxylic acids is 1. The molecule has 2 nitrogen and oxygen atoms in total. The third kappa shape index (κ3) is 3.51. The Kier molecular flexibility index (Phi) is 4.56. The first-order chi connectivity index (χ1) is 7.17. The van der Waals surface area contributed by atoms with E-state index in [1.807, 2.05) is 13.0 Å². The molecule has 0 unspecified atom stereocenters. The Morgan fingerprint density at radius 1 is 1.47 bits per heavy atom. The Balaban J connectivity index is 2.88. The zero-order chi connectivity index (χ0) is 11.3. The van der Waals surface area contributed by atoms with E-state index in [1.165, 1.54) is 11.0 Å². The lowest BCUT2D eigenvalue weighted by Crippen LogP contribution is -1.90. The van der Waals surface area contributed by atoms with Gasteiger partial charge in [-0.15, -0.1) is 11.3 Å². The van der Waals surface area contributed by atoms with Gasteiger partial charge in [-0.25, -0.2) is 4.79 Å². The van der Waals surface area contributed by atoms with E-state index in [4.69, 9.17) is 5.11 Å². The summed E-state index contributed by atoms with van der Waals surface area (Å²) in [5.41, 5.74) is 0.912. The zero-order valence-corrected chi connectivity index (χ0v) is 9.93. The van der Waals surface area contributed by atoms with Gasteiger partial charge in [0.2, 0.25) is 0 Å². The van der Waals surface area contributed by atoms with Crippen LogP contribution >= 0.6 is 11.3 Å². The minimum atomic E-state index is -0.864. The molecule has 0 aliphatic heterocycles. The molecule has 0 saturated heterocycles. The maximum atomic E-state index is 10.6. The second kappa shape index (κ2) is 5.71. The molecule has 0 aliphatic rings. The summed E-state index contributed by atoms with van der Waals surface area (Å²) in [5.74, 6) is -0.864. The number of carbonyl (C=O) groups is 1. The van der Waals surface area contributed by atoms with Gasteiger partial charge in [0.15, 0.2) is 0 Å². The number of aliphatic carboxylic acids is 1. The normalized spacial score (nSPS) is 11.7. The fourth-order valence-electron chi connectivity index (χ4n) is 1.43. The van der Waals surface area contributed by atoms with E-state index in [0.29, 0.717) is 0 Å². The van der Waals surface area contributed by atoms with E-state index >= 15 is 0 Å². The van der Waals surface area contributed by atoms with Crippen LogP contribution in [0.5, 0.6) is 0 Å². The highest BCUT2D eigenvalue weighted by atomic mass is 32.1. The van der Waals surface area contributed by atoms with E-state index in [2.05, 4.69) is 13.0 Å². The van der Waals surface area contributed by atoms with E-state index in [9.17, 15) is 4.79 Å². The van der Waals surface area contributed by atoms with Gasteiger partial charge >= 0.3 is 5.97 Å². The van der Waals surface area contributed by atoms with Gasteiger partial charge in [0.1, 0.15) is 0 Å². The summed E-state index contributed by atoms with van der Waals surface area (Å²) in [6.07, 6.45) is 4.28. The molecule has 0 aromatic carbocycles. The van der Waals surface area contributed by atoms with Crippen molar-refractivity contribution in [3.8, 4) is 0 Å². The minimum absolute atomic E-state index is 0.762. The van der Waals surface area contributed by atoms with Crippen LogP contribution in [0.25, 0.3) is 5.57 Å². The summed E-state index contributed by atoms with van der Waals surface area (Å²) in [5, 5.41) is 8.71. The molecule has 1 aromatic heterocycles. The lowest BCUT2D eigenvalue weighted by Gasteiger charge is -1.98. The van der Waals surface area contributed by atoms with Crippen LogP contribution in [0.3, 0.4) is 0 Å². The van der Waals surface area contributed by atoms with Crippen molar-refractivity contribution in [2.24, 2.45) is 0 Å². The minimum Gasteiger partial charge on any atom is -0.478 e. The predicted molar refractivity (Wildman–Crippen MR) is 64.2 cm³/mol. The average Bonchev–Trinajstić information content (AvgIpc) is 2.63. The van der Waals surface area contributed by atoms with Gasteiger partial charge in [0, 0.05) is 15.8 Å². The van der Waals surface area contributed by atoms with Gasteiger partial charge < -0.3 is 5.11 Å². The SMILES string of the molecule is CCCc1ccc(/C(=C/C(=O)O)CC)s1. The molecule has 1 N–H and O–H groups in total. The van der Waals surface area contributed by atoms with Crippen LogP contribution < -0.4 is 0 Å². The van der Waals surface area contributed by atoms with Gasteiger partial charge in [-0.2, -0.15) is 0 Å². The number of hydrogen-bond acceptors (Lipinski definition) is 2. The highest BCUT2D eigenvalue weighted by Crippen LogP contribution is 2.27. The van der Waals surface area contributed by atoms with E-state index in [-0.39, 0.29) is 0 Å². The molecule has 1 aromatic rings. The smallest absolute Gasteiger partial charge is 0.328 e. The quantitative estimate of drug-likeness (QED) is 0.776. The van der Waals surface area contributed by atoms with Crippen molar-refractivity contribution in [3.63, 3.8) is 0 Å². The highest BCUT2D eigenvalue weighted by molar-refractivity contribution is 7.13. The molecule has 15 heavy (non-hydrogen) atoms. The lowest BCUT2D eigenvalue weighted by molar-refractivity contribution is -0.131. The number of carboxylic acid groups (broad SMARTS) is 1. The van der Waals surface area contributed by atoms with Crippen molar-refractivity contribution < 1.29 is 9.90 Å². The molecule has 0 radical (unpaired) electrons. The summed E-state index contributed by atoms with van der Waals surface area (Å²) >= 11 is 1.70. The molecule has 3 heteroatoms. The Labute approximate surface area is 94.3 Å². The van der Waals surface area contributed by atoms with Crippen LogP contribution in [-0.2, 0) is 11.2 Å². The van der Waals surface area contributed by atoms with E-state index in [0.717, 1.165) is 29.7 Å². The third-order valence-corrected chi connectivity index (χ3v) is 3.37. The molecule has 0 aliphatic carbocycles. The molecule has 0 saturated carbocycles. The summed E-state index contributed by atoms with van der Waals surface area (Å²) in [6.45, 7) is 4.13. The van der Waals surface area contributed by atoms with Crippen molar-refractivity contribution in [1.29, 1.82) is 0 Å². The Bertz CT molecular complexity index is 363. The van der Waals surface area contributed by atoms with Crippen molar-refractivity contribution in [2.75, 3.05) is 0 Å². The highest BCUT2D eigenvalue weighted by Gasteiger charge is 2.05. The zero-order valence-electron chi connectivity index (χ0n) is 9.12. The average molecular weight is 224 g/mol. The van der Waals surface area contributed by atoms with Gasteiger partial charge in [0.05, 0.1) is 0 Å². The molecule has 1 rings (SSSR count). The van der Waals surface area contributed by atoms with Gasteiger partial charge in [-0.3, -0.25) is 0 Å². The summed E-state index contributed by atoms with van der Waals surface area (Å²) < 4.78 is 0. The lowest BCUT2D eigenvalue weighted by atomic mass is 10.1. The van der Waals surface area contributed by atoms with Crippen LogP contribution in [0, 0.1) is 0 Å². The molecule has 0 amide bonds. The molecule has 82 valence electrons. The van der Waals surface area contributed by atoms with Crippen molar-refractivity contribution in [2.45, 2.75) is 33.1 Å². The van der Waals surface area contributed by atoms with Gasteiger partial charge in [-0.05, 0) is 30.5 Å². The first-order valence-corrected chi connectivity index (χ1v) is 6.01. The van der Waals surface area contributed by atoms with Crippen molar-refractivity contribution in [1.82, 2.24) is 0 Å². The summed E-state index contributed by atoms with van der Waals surface area (Å²) in [4.78, 5) is 13.0. The maximum Gasteiger partial charge on any atom is 0.328 e. The number of hydrogen-bond donors (Lipinski definition) is 1. The summed E-state index contributed by atoms with van der Waals surface area (Å²) in [7, 11) is 0. The van der Waals surface area contributed by atoms with Crippen LogP contribution in [0.1, 0.15) is 36.4 Å². The topological polar surface area (TPSA) is 37.3 Å². The first-order valence-electron chi connectivity index (χ1n) is 5.20. The van der Waals surface area contributed by atoms with Gasteiger partial charge in [0.25, 0.3) is 0 Å². The fourth-order valence-corrected chi connectivity index (χ4v) is 2.62. The molecule has 0 fully saturated rings. The largest absolute Gasteiger partial charge is 0.478 e.